The first-order valence-corrected chi connectivity index (χ1v) is 24.7. The molecule has 0 N–H and O–H groups in total. The Labute approximate surface area is 370 Å². The summed E-state index contributed by atoms with van der Waals surface area (Å²) in [5.41, 5.74) is 17.1. The van der Waals surface area contributed by atoms with Crippen molar-refractivity contribution in [3.8, 4) is 0 Å². The fourth-order valence-electron chi connectivity index (χ4n) is 9.75. The molecule has 0 amide bonds. The fraction of sp³-hybridized carbons (Fsp3) is 0.333. The van der Waals surface area contributed by atoms with Gasteiger partial charge in [0.05, 0.1) is 0 Å². The lowest BCUT2D eigenvalue weighted by molar-refractivity contribution is 0.590. The standard InChI is InChI=1S/C60H70Si/c1-41-42(2)44(4)57(43(41)3)61(54-20-14-17-48(38-54)35-45-23-29-51(30-24-45)58(5,6)7,55-21-15-18-49(39-55)36-46-25-31-52(32-26-46)59(8,9)10)56-22-16-19-50(40-56)37-47-27-33-53(34-28-47)60(11,12)13/h14-34,38-40,43H,35-37H2,1-13H3. The molecule has 0 fully saturated rings. The van der Waals surface area contributed by atoms with Gasteiger partial charge in [0.25, 0.3) is 0 Å². The highest BCUT2D eigenvalue weighted by molar-refractivity contribution is 7.16. The number of hydrogen-bond acceptors (Lipinski definition) is 0. The highest BCUT2D eigenvalue weighted by Crippen LogP contribution is 2.42. The quantitative estimate of drug-likeness (QED) is 0.0954. The Morgan fingerprint density at radius 3 is 0.918 bits per heavy atom. The van der Waals surface area contributed by atoms with E-state index in [1.54, 1.807) is 5.20 Å². The van der Waals surface area contributed by atoms with Gasteiger partial charge in [-0.15, -0.1) is 0 Å². The summed E-state index contributed by atoms with van der Waals surface area (Å²) in [6.45, 7) is 30.3. The van der Waals surface area contributed by atoms with Crippen LogP contribution in [0.5, 0.6) is 0 Å². The maximum absolute atomic E-state index is 2.91. The Morgan fingerprint density at radius 2 is 0.672 bits per heavy atom. The van der Waals surface area contributed by atoms with E-state index < -0.39 is 8.07 Å². The lowest BCUT2D eigenvalue weighted by atomic mass is 9.86. The van der Waals surface area contributed by atoms with Crippen molar-refractivity contribution in [2.75, 3.05) is 0 Å². The Hall–Kier alpha value is -4.98. The first kappa shape index (κ1) is 44.1. The second kappa shape index (κ2) is 17.1. The van der Waals surface area contributed by atoms with Crippen molar-refractivity contribution in [3.63, 3.8) is 0 Å². The van der Waals surface area contributed by atoms with Crippen LogP contribution in [0.2, 0.25) is 0 Å². The summed E-state index contributed by atoms with van der Waals surface area (Å²) in [7, 11) is -2.91. The van der Waals surface area contributed by atoms with E-state index >= 15 is 0 Å². The van der Waals surface area contributed by atoms with Gasteiger partial charge in [-0.1, -0.05) is 231 Å². The summed E-state index contributed by atoms with van der Waals surface area (Å²) >= 11 is 0. The smallest absolute Gasteiger partial charge is 0.0636 e. The van der Waals surface area contributed by atoms with Crippen LogP contribution in [-0.4, -0.2) is 8.07 Å². The number of allylic oxidation sites excluding steroid dienone is 4. The van der Waals surface area contributed by atoms with Gasteiger partial charge in [0.15, 0.2) is 8.07 Å². The van der Waals surface area contributed by atoms with Crippen LogP contribution in [0.1, 0.15) is 140 Å². The molecule has 0 aliphatic heterocycles. The third-order valence-corrected chi connectivity index (χ3v) is 19.0. The zero-order valence-corrected chi connectivity index (χ0v) is 40.6. The molecule has 1 atom stereocenters. The second-order valence-corrected chi connectivity index (χ2v) is 25.1. The highest BCUT2D eigenvalue weighted by Gasteiger charge is 2.48. The maximum Gasteiger partial charge on any atom is 0.176 e. The van der Waals surface area contributed by atoms with Crippen molar-refractivity contribution in [3.05, 3.63) is 218 Å². The first-order chi connectivity index (χ1) is 28.7. The minimum Gasteiger partial charge on any atom is -0.0636 e. The second-order valence-electron chi connectivity index (χ2n) is 21.3. The molecule has 0 nitrogen and oxygen atoms in total. The summed E-state index contributed by atoms with van der Waals surface area (Å²) in [6.07, 6.45) is 2.71. The third-order valence-electron chi connectivity index (χ3n) is 13.8. The van der Waals surface area contributed by atoms with Gasteiger partial charge in [-0.3, -0.25) is 0 Å². The Bertz CT molecular complexity index is 2310. The lowest BCUT2D eigenvalue weighted by Crippen LogP contribution is -2.69. The molecule has 1 heteroatoms. The maximum atomic E-state index is 2.59. The predicted molar refractivity (Wildman–Crippen MR) is 268 cm³/mol. The summed E-state index contributed by atoms with van der Waals surface area (Å²) in [5, 5.41) is 6.04. The Kier molecular flexibility index (Phi) is 12.3. The Morgan fingerprint density at radius 1 is 0.377 bits per heavy atom. The van der Waals surface area contributed by atoms with E-state index in [1.165, 1.54) is 82.4 Å². The fourth-order valence-corrected chi connectivity index (χ4v) is 15.5. The average Bonchev–Trinajstić information content (AvgIpc) is 3.40. The molecule has 314 valence electrons. The molecular weight excluding hydrogens is 749 g/mol. The van der Waals surface area contributed by atoms with E-state index in [1.807, 2.05) is 0 Å². The SMILES string of the molecule is CC1=C(C)C(C)C([Si](c2cccc(Cc3ccc(C(C)(C)C)cc3)c2)(c2cccc(Cc3ccc(C(C)(C)C)cc3)c2)c2cccc(Cc3ccc(C(C)(C)C)cc3)c2)=C1C. The molecule has 0 heterocycles. The van der Waals surface area contributed by atoms with Crippen molar-refractivity contribution in [1.82, 2.24) is 0 Å². The lowest BCUT2D eigenvalue weighted by Gasteiger charge is -2.39. The molecule has 61 heavy (non-hydrogen) atoms. The molecule has 0 radical (unpaired) electrons. The van der Waals surface area contributed by atoms with Gasteiger partial charge < -0.3 is 0 Å². The molecule has 1 aliphatic rings. The Balaban J connectivity index is 1.42. The van der Waals surface area contributed by atoms with Crippen molar-refractivity contribution in [2.45, 2.75) is 126 Å². The van der Waals surface area contributed by atoms with Gasteiger partial charge in [0, 0.05) is 0 Å². The molecule has 7 rings (SSSR count). The molecule has 1 unspecified atom stereocenters. The minimum atomic E-state index is -2.91. The first-order valence-electron chi connectivity index (χ1n) is 22.7. The van der Waals surface area contributed by atoms with Crippen LogP contribution in [-0.2, 0) is 35.5 Å². The summed E-state index contributed by atoms with van der Waals surface area (Å²) < 4.78 is 0. The number of hydrogen-bond donors (Lipinski definition) is 0. The van der Waals surface area contributed by atoms with E-state index in [2.05, 4.69) is 236 Å². The van der Waals surface area contributed by atoms with Crippen LogP contribution in [0.25, 0.3) is 0 Å². The average molecular weight is 819 g/mol. The van der Waals surface area contributed by atoms with Crippen LogP contribution < -0.4 is 15.6 Å². The normalized spacial score (nSPS) is 15.2. The van der Waals surface area contributed by atoms with Gasteiger partial charge in [-0.05, 0) is 133 Å². The van der Waals surface area contributed by atoms with Gasteiger partial charge in [-0.2, -0.15) is 0 Å². The van der Waals surface area contributed by atoms with Gasteiger partial charge >= 0.3 is 0 Å². The number of benzene rings is 6. The molecule has 6 aromatic carbocycles. The highest BCUT2D eigenvalue weighted by atomic mass is 28.3. The van der Waals surface area contributed by atoms with Crippen LogP contribution in [0, 0.1) is 5.92 Å². The largest absolute Gasteiger partial charge is 0.176 e. The molecule has 0 saturated carbocycles. The molecule has 0 saturated heterocycles. The molecular formula is C60H70Si. The van der Waals surface area contributed by atoms with Gasteiger partial charge in [0.1, 0.15) is 0 Å². The molecule has 0 bridgehead atoms. The van der Waals surface area contributed by atoms with E-state index in [-0.39, 0.29) is 16.2 Å². The summed E-state index contributed by atoms with van der Waals surface area (Å²) in [4.78, 5) is 0. The van der Waals surface area contributed by atoms with E-state index in [0.717, 1.165) is 19.3 Å². The van der Waals surface area contributed by atoms with Crippen LogP contribution in [0.3, 0.4) is 0 Å². The van der Waals surface area contributed by atoms with Crippen molar-refractivity contribution < 1.29 is 0 Å². The van der Waals surface area contributed by atoms with Crippen LogP contribution >= 0.6 is 0 Å². The molecule has 1 aliphatic carbocycles. The van der Waals surface area contributed by atoms with Crippen LogP contribution in [0.15, 0.2) is 168 Å². The van der Waals surface area contributed by atoms with E-state index in [4.69, 9.17) is 0 Å². The molecule has 0 aromatic heterocycles. The summed E-state index contributed by atoms with van der Waals surface area (Å²) in [5.74, 6) is 0.336. The third kappa shape index (κ3) is 9.29. The predicted octanol–water partition coefficient (Wildman–Crippen LogP) is 13.7. The minimum absolute atomic E-state index is 0.131. The zero-order valence-electron chi connectivity index (χ0n) is 39.6. The van der Waals surface area contributed by atoms with E-state index in [0.29, 0.717) is 5.92 Å². The molecule has 6 aromatic rings. The van der Waals surface area contributed by atoms with E-state index in [9.17, 15) is 0 Å². The van der Waals surface area contributed by atoms with Crippen molar-refractivity contribution >= 4 is 23.6 Å². The zero-order chi connectivity index (χ0) is 43.9. The van der Waals surface area contributed by atoms with Crippen molar-refractivity contribution in [1.29, 1.82) is 0 Å². The van der Waals surface area contributed by atoms with Crippen LogP contribution in [0.4, 0.5) is 0 Å². The topological polar surface area (TPSA) is 0 Å². The monoisotopic (exact) mass is 819 g/mol. The molecule has 0 spiro atoms. The summed E-state index contributed by atoms with van der Waals surface area (Å²) in [6, 6.07) is 57.3. The van der Waals surface area contributed by atoms with Gasteiger partial charge in [0.2, 0.25) is 0 Å². The number of rotatable bonds is 10. The van der Waals surface area contributed by atoms with Gasteiger partial charge in [-0.25, -0.2) is 0 Å². The van der Waals surface area contributed by atoms with Crippen molar-refractivity contribution in [2.24, 2.45) is 5.92 Å².